The highest BCUT2D eigenvalue weighted by molar-refractivity contribution is 5.32. The van der Waals surface area contributed by atoms with Crippen LogP contribution in [0.25, 0.3) is 0 Å². The molecule has 0 unspecified atom stereocenters. The highest BCUT2D eigenvalue weighted by Crippen LogP contribution is 2.21. The van der Waals surface area contributed by atoms with Crippen LogP contribution in [0.15, 0.2) is 54.6 Å². The standard InChI is InChI=1S/C17H22N2O/c18-12-15(13-19)7-6-14-8-10-17(11-9-14)20-16-4-2-1-3-5-16/h1-5,8-11,15H,6-7,12-13,18-19H2. The lowest BCUT2D eigenvalue weighted by molar-refractivity contribution is 0.481. The molecular formula is C17H22N2O. The Morgan fingerprint density at radius 1 is 0.800 bits per heavy atom. The molecule has 2 rings (SSSR count). The predicted octanol–water partition coefficient (Wildman–Crippen LogP) is 2.95. The Bertz CT molecular complexity index is 492. The number of aryl methyl sites for hydroxylation is 1. The van der Waals surface area contributed by atoms with Gasteiger partial charge in [0.2, 0.25) is 0 Å². The summed E-state index contributed by atoms with van der Waals surface area (Å²) in [7, 11) is 0. The lowest BCUT2D eigenvalue weighted by atomic mass is 10.00. The summed E-state index contributed by atoms with van der Waals surface area (Å²) >= 11 is 0. The molecule has 0 saturated heterocycles. The van der Waals surface area contributed by atoms with Crippen LogP contribution in [-0.2, 0) is 6.42 Å². The molecular weight excluding hydrogens is 248 g/mol. The Morgan fingerprint density at radius 3 is 2.00 bits per heavy atom. The smallest absolute Gasteiger partial charge is 0.127 e. The summed E-state index contributed by atoms with van der Waals surface area (Å²) in [4.78, 5) is 0. The minimum atomic E-state index is 0.412. The maximum absolute atomic E-state index is 5.76. The van der Waals surface area contributed by atoms with Crippen molar-refractivity contribution in [1.29, 1.82) is 0 Å². The average Bonchev–Trinajstić information content (AvgIpc) is 2.51. The second-order valence-electron chi connectivity index (χ2n) is 4.94. The molecule has 0 spiro atoms. The summed E-state index contributed by atoms with van der Waals surface area (Å²) in [5, 5.41) is 0. The van der Waals surface area contributed by atoms with E-state index in [1.54, 1.807) is 0 Å². The number of benzene rings is 2. The zero-order chi connectivity index (χ0) is 14.2. The van der Waals surface area contributed by atoms with E-state index in [1.165, 1.54) is 5.56 Å². The van der Waals surface area contributed by atoms with Gasteiger partial charge in [-0.05, 0) is 61.7 Å². The van der Waals surface area contributed by atoms with E-state index < -0.39 is 0 Å². The van der Waals surface area contributed by atoms with Crippen molar-refractivity contribution in [2.24, 2.45) is 17.4 Å². The minimum absolute atomic E-state index is 0.412. The van der Waals surface area contributed by atoms with Gasteiger partial charge in [0.15, 0.2) is 0 Å². The minimum Gasteiger partial charge on any atom is -0.457 e. The van der Waals surface area contributed by atoms with Gasteiger partial charge in [0.1, 0.15) is 11.5 Å². The molecule has 0 aliphatic rings. The molecule has 2 aromatic rings. The van der Waals surface area contributed by atoms with Crippen LogP contribution in [0, 0.1) is 5.92 Å². The zero-order valence-electron chi connectivity index (χ0n) is 11.7. The van der Waals surface area contributed by atoms with Crippen LogP contribution >= 0.6 is 0 Å². The Balaban J connectivity index is 1.90. The lowest BCUT2D eigenvalue weighted by Crippen LogP contribution is -2.23. The van der Waals surface area contributed by atoms with E-state index in [4.69, 9.17) is 16.2 Å². The molecule has 3 nitrogen and oxygen atoms in total. The first-order chi connectivity index (χ1) is 9.81. The molecule has 20 heavy (non-hydrogen) atoms. The average molecular weight is 270 g/mol. The fourth-order valence-corrected chi connectivity index (χ4v) is 2.05. The third kappa shape index (κ3) is 4.37. The Kier molecular flexibility index (Phi) is 5.59. The van der Waals surface area contributed by atoms with Crippen LogP contribution in [0.2, 0.25) is 0 Å². The molecule has 0 radical (unpaired) electrons. The van der Waals surface area contributed by atoms with E-state index in [9.17, 15) is 0 Å². The van der Waals surface area contributed by atoms with Crippen LogP contribution in [0.1, 0.15) is 12.0 Å². The van der Waals surface area contributed by atoms with E-state index in [2.05, 4.69) is 12.1 Å². The monoisotopic (exact) mass is 270 g/mol. The SMILES string of the molecule is NCC(CN)CCc1ccc(Oc2ccccc2)cc1. The van der Waals surface area contributed by atoms with E-state index >= 15 is 0 Å². The summed E-state index contributed by atoms with van der Waals surface area (Å²) in [5.41, 5.74) is 12.6. The second-order valence-corrected chi connectivity index (χ2v) is 4.94. The maximum atomic E-state index is 5.76. The van der Waals surface area contributed by atoms with Crippen molar-refractivity contribution in [3.05, 3.63) is 60.2 Å². The zero-order valence-corrected chi connectivity index (χ0v) is 11.7. The third-order valence-electron chi connectivity index (χ3n) is 3.41. The fraction of sp³-hybridized carbons (Fsp3) is 0.294. The van der Waals surface area contributed by atoms with Gasteiger partial charge in [-0.2, -0.15) is 0 Å². The summed E-state index contributed by atoms with van der Waals surface area (Å²) in [5.74, 6) is 2.12. The van der Waals surface area contributed by atoms with E-state index in [-0.39, 0.29) is 0 Å². The third-order valence-corrected chi connectivity index (χ3v) is 3.41. The topological polar surface area (TPSA) is 61.3 Å². The van der Waals surface area contributed by atoms with Gasteiger partial charge in [0, 0.05) is 0 Å². The van der Waals surface area contributed by atoms with Gasteiger partial charge in [-0.1, -0.05) is 30.3 Å². The van der Waals surface area contributed by atoms with Crippen molar-refractivity contribution in [3.63, 3.8) is 0 Å². The van der Waals surface area contributed by atoms with Gasteiger partial charge in [0.05, 0.1) is 0 Å². The van der Waals surface area contributed by atoms with Gasteiger partial charge in [0.25, 0.3) is 0 Å². The van der Waals surface area contributed by atoms with E-state index in [0.29, 0.717) is 19.0 Å². The number of nitrogens with two attached hydrogens (primary N) is 2. The van der Waals surface area contributed by atoms with Crippen LogP contribution in [0.3, 0.4) is 0 Å². The number of rotatable bonds is 7. The summed E-state index contributed by atoms with van der Waals surface area (Å²) in [6.07, 6.45) is 2.04. The molecule has 106 valence electrons. The van der Waals surface area contributed by atoms with Crippen molar-refractivity contribution in [3.8, 4) is 11.5 Å². The largest absolute Gasteiger partial charge is 0.457 e. The van der Waals surface area contributed by atoms with E-state index in [1.807, 2.05) is 42.5 Å². The molecule has 4 N–H and O–H groups in total. The molecule has 3 heteroatoms. The maximum Gasteiger partial charge on any atom is 0.127 e. The molecule has 0 amide bonds. The molecule has 0 aliphatic heterocycles. The number of ether oxygens (including phenoxy) is 1. The van der Waals surface area contributed by atoms with Crippen molar-refractivity contribution in [1.82, 2.24) is 0 Å². The number of para-hydroxylation sites is 1. The van der Waals surface area contributed by atoms with Crippen molar-refractivity contribution >= 4 is 0 Å². The van der Waals surface area contributed by atoms with Gasteiger partial charge in [-0.15, -0.1) is 0 Å². The number of hydrogen-bond donors (Lipinski definition) is 2. The normalized spacial score (nSPS) is 10.8. The fourth-order valence-electron chi connectivity index (χ4n) is 2.05. The Morgan fingerprint density at radius 2 is 1.40 bits per heavy atom. The molecule has 0 aromatic heterocycles. The lowest BCUT2D eigenvalue weighted by Gasteiger charge is -2.12. The Hall–Kier alpha value is -1.84. The number of hydrogen-bond acceptors (Lipinski definition) is 3. The van der Waals surface area contributed by atoms with Crippen molar-refractivity contribution < 1.29 is 4.74 Å². The van der Waals surface area contributed by atoms with Crippen LogP contribution in [-0.4, -0.2) is 13.1 Å². The van der Waals surface area contributed by atoms with Gasteiger partial charge < -0.3 is 16.2 Å². The van der Waals surface area contributed by atoms with Gasteiger partial charge in [-0.3, -0.25) is 0 Å². The highest BCUT2D eigenvalue weighted by atomic mass is 16.5. The van der Waals surface area contributed by atoms with Crippen LogP contribution in [0.4, 0.5) is 0 Å². The van der Waals surface area contributed by atoms with Crippen LogP contribution < -0.4 is 16.2 Å². The predicted molar refractivity (Wildman–Crippen MR) is 82.9 cm³/mol. The van der Waals surface area contributed by atoms with Crippen molar-refractivity contribution in [2.45, 2.75) is 12.8 Å². The van der Waals surface area contributed by atoms with Crippen LogP contribution in [0.5, 0.6) is 11.5 Å². The van der Waals surface area contributed by atoms with Gasteiger partial charge >= 0.3 is 0 Å². The second kappa shape index (κ2) is 7.68. The molecule has 0 saturated carbocycles. The highest BCUT2D eigenvalue weighted by Gasteiger charge is 2.04. The first-order valence-electron chi connectivity index (χ1n) is 7.04. The van der Waals surface area contributed by atoms with Gasteiger partial charge in [-0.25, -0.2) is 0 Å². The van der Waals surface area contributed by atoms with Crippen molar-refractivity contribution in [2.75, 3.05) is 13.1 Å². The molecule has 0 heterocycles. The molecule has 0 aliphatic carbocycles. The summed E-state index contributed by atoms with van der Waals surface area (Å²) in [6.45, 7) is 1.32. The molecule has 0 fully saturated rings. The quantitative estimate of drug-likeness (QED) is 0.813. The first-order valence-corrected chi connectivity index (χ1v) is 7.04. The first kappa shape index (κ1) is 14.6. The molecule has 2 aromatic carbocycles. The van der Waals surface area contributed by atoms with E-state index in [0.717, 1.165) is 24.3 Å². The summed E-state index contributed by atoms with van der Waals surface area (Å²) < 4.78 is 5.76. The molecule has 0 bridgehead atoms. The Labute approximate surface area is 120 Å². The summed E-state index contributed by atoms with van der Waals surface area (Å²) in [6, 6.07) is 18.0. The molecule has 0 atom stereocenters.